The zero-order chi connectivity index (χ0) is 11.8. The quantitative estimate of drug-likeness (QED) is 0.491. The van der Waals surface area contributed by atoms with Gasteiger partial charge in [-0.15, -0.1) is 6.58 Å². The average Bonchev–Trinajstić information content (AvgIpc) is 2.29. The highest BCUT2D eigenvalue weighted by molar-refractivity contribution is 6.30. The molecular weight excluding hydrogens is 220 g/mol. The maximum Gasteiger partial charge on any atom is 0.0859 e. The molecule has 0 aliphatic carbocycles. The minimum atomic E-state index is 0.112. The summed E-state index contributed by atoms with van der Waals surface area (Å²) in [7, 11) is 0. The van der Waals surface area contributed by atoms with Crippen molar-refractivity contribution < 1.29 is 4.74 Å². The van der Waals surface area contributed by atoms with Gasteiger partial charge in [-0.25, -0.2) is 0 Å². The van der Waals surface area contributed by atoms with E-state index in [0.717, 1.165) is 30.9 Å². The summed E-state index contributed by atoms with van der Waals surface area (Å²) in [5, 5.41) is 0.759. The van der Waals surface area contributed by atoms with Crippen molar-refractivity contribution in [3.63, 3.8) is 0 Å². The van der Waals surface area contributed by atoms with Crippen molar-refractivity contribution in [3.8, 4) is 0 Å². The largest absolute Gasteiger partial charge is 0.373 e. The third-order valence-electron chi connectivity index (χ3n) is 2.44. The lowest BCUT2D eigenvalue weighted by Gasteiger charge is -2.16. The van der Waals surface area contributed by atoms with Crippen LogP contribution < -0.4 is 0 Å². The van der Waals surface area contributed by atoms with Crippen molar-refractivity contribution in [1.82, 2.24) is 0 Å². The molecule has 1 unspecified atom stereocenters. The number of rotatable bonds is 7. The summed E-state index contributed by atoms with van der Waals surface area (Å²) < 4.78 is 5.83. The van der Waals surface area contributed by atoms with E-state index in [4.69, 9.17) is 16.3 Å². The molecule has 1 nitrogen and oxygen atoms in total. The van der Waals surface area contributed by atoms with Crippen LogP contribution in [0.1, 0.15) is 37.9 Å². The Morgan fingerprint density at radius 3 is 2.62 bits per heavy atom. The molecule has 1 aromatic carbocycles. The lowest BCUT2D eigenvalue weighted by Crippen LogP contribution is -2.04. The summed E-state index contributed by atoms with van der Waals surface area (Å²) in [6.07, 6.45) is 5.10. The van der Waals surface area contributed by atoms with Crippen LogP contribution in [-0.2, 0) is 4.74 Å². The van der Waals surface area contributed by atoms with Crippen LogP contribution in [-0.4, -0.2) is 6.61 Å². The molecule has 0 N–H and O–H groups in total. The maximum absolute atomic E-state index is 5.86. The predicted molar refractivity (Wildman–Crippen MR) is 69.9 cm³/mol. The zero-order valence-corrected chi connectivity index (χ0v) is 10.5. The van der Waals surface area contributed by atoms with Gasteiger partial charge < -0.3 is 4.74 Å². The SMILES string of the molecule is C=CCC(OCCCC)c1ccc(Cl)cc1. The van der Waals surface area contributed by atoms with E-state index in [1.807, 2.05) is 30.3 Å². The Kier molecular flexibility index (Phi) is 6.20. The number of unbranched alkanes of at least 4 members (excludes halogenated alkanes) is 1. The van der Waals surface area contributed by atoms with E-state index in [-0.39, 0.29) is 6.10 Å². The van der Waals surface area contributed by atoms with Gasteiger partial charge in [-0.3, -0.25) is 0 Å². The van der Waals surface area contributed by atoms with Crippen LogP contribution in [0.25, 0.3) is 0 Å². The van der Waals surface area contributed by atoms with Crippen molar-refractivity contribution >= 4 is 11.6 Å². The Morgan fingerprint density at radius 2 is 2.06 bits per heavy atom. The van der Waals surface area contributed by atoms with E-state index in [1.54, 1.807) is 0 Å². The van der Waals surface area contributed by atoms with Gasteiger partial charge >= 0.3 is 0 Å². The standard InChI is InChI=1S/C14H19ClO/c1-3-5-11-16-14(6-4-2)12-7-9-13(15)10-8-12/h4,7-10,14H,2-3,5-6,11H2,1H3. The molecule has 16 heavy (non-hydrogen) atoms. The van der Waals surface area contributed by atoms with E-state index < -0.39 is 0 Å². The molecule has 0 saturated carbocycles. The minimum absolute atomic E-state index is 0.112. The first-order chi connectivity index (χ1) is 7.77. The molecule has 0 saturated heterocycles. The number of ether oxygens (including phenoxy) is 1. The first kappa shape index (κ1) is 13.3. The molecule has 1 aromatic rings. The van der Waals surface area contributed by atoms with E-state index in [0.29, 0.717) is 0 Å². The lowest BCUT2D eigenvalue weighted by molar-refractivity contribution is 0.0528. The Morgan fingerprint density at radius 1 is 1.38 bits per heavy atom. The summed E-state index contributed by atoms with van der Waals surface area (Å²) in [5.41, 5.74) is 1.17. The first-order valence-corrected chi connectivity index (χ1v) is 6.13. The average molecular weight is 239 g/mol. The second-order valence-corrected chi connectivity index (χ2v) is 4.23. The van der Waals surface area contributed by atoms with Gasteiger partial charge in [0.2, 0.25) is 0 Å². The minimum Gasteiger partial charge on any atom is -0.373 e. The highest BCUT2D eigenvalue weighted by atomic mass is 35.5. The number of benzene rings is 1. The van der Waals surface area contributed by atoms with Gasteiger partial charge in [0.15, 0.2) is 0 Å². The van der Waals surface area contributed by atoms with Gasteiger partial charge in [-0.05, 0) is 30.5 Å². The molecular formula is C14H19ClO. The van der Waals surface area contributed by atoms with Crippen molar-refractivity contribution in [1.29, 1.82) is 0 Å². The van der Waals surface area contributed by atoms with Crippen LogP contribution in [0.15, 0.2) is 36.9 Å². The van der Waals surface area contributed by atoms with Gasteiger partial charge in [0.1, 0.15) is 0 Å². The molecule has 0 fully saturated rings. The Balaban J connectivity index is 2.61. The fourth-order valence-corrected chi connectivity index (χ4v) is 1.63. The summed E-state index contributed by atoms with van der Waals surface area (Å²) >= 11 is 5.86. The van der Waals surface area contributed by atoms with Gasteiger partial charge in [0.25, 0.3) is 0 Å². The van der Waals surface area contributed by atoms with Gasteiger partial charge in [0.05, 0.1) is 6.10 Å². The smallest absolute Gasteiger partial charge is 0.0859 e. The molecule has 0 aliphatic rings. The molecule has 0 bridgehead atoms. The second-order valence-electron chi connectivity index (χ2n) is 3.79. The molecule has 0 radical (unpaired) electrons. The zero-order valence-electron chi connectivity index (χ0n) is 9.79. The summed E-state index contributed by atoms with van der Waals surface area (Å²) in [6.45, 7) is 6.73. The Labute approximate surface area is 103 Å². The molecule has 0 heterocycles. The van der Waals surface area contributed by atoms with Crippen LogP contribution in [0.2, 0.25) is 5.02 Å². The van der Waals surface area contributed by atoms with Crippen LogP contribution in [0.4, 0.5) is 0 Å². The van der Waals surface area contributed by atoms with E-state index in [9.17, 15) is 0 Å². The fraction of sp³-hybridized carbons (Fsp3) is 0.429. The third kappa shape index (κ3) is 4.38. The van der Waals surface area contributed by atoms with Crippen molar-refractivity contribution in [2.45, 2.75) is 32.3 Å². The number of halogens is 1. The predicted octanol–water partition coefficient (Wildman–Crippen LogP) is 4.77. The Hall–Kier alpha value is -0.790. The van der Waals surface area contributed by atoms with Crippen LogP contribution >= 0.6 is 11.6 Å². The molecule has 2 heteroatoms. The lowest BCUT2D eigenvalue weighted by atomic mass is 10.1. The normalized spacial score (nSPS) is 12.4. The van der Waals surface area contributed by atoms with Gasteiger partial charge in [-0.1, -0.05) is 43.2 Å². The van der Waals surface area contributed by atoms with Crippen molar-refractivity contribution in [2.75, 3.05) is 6.61 Å². The number of hydrogen-bond acceptors (Lipinski definition) is 1. The maximum atomic E-state index is 5.86. The molecule has 0 aromatic heterocycles. The summed E-state index contributed by atoms with van der Waals surface area (Å²) in [4.78, 5) is 0. The molecule has 0 aliphatic heterocycles. The molecule has 1 atom stereocenters. The molecule has 0 spiro atoms. The molecule has 1 rings (SSSR count). The molecule has 88 valence electrons. The van der Waals surface area contributed by atoms with Crippen molar-refractivity contribution in [3.05, 3.63) is 47.5 Å². The van der Waals surface area contributed by atoms with E-state index in [2.05, 4.69) is 13.5 Å². The van der Waals surface area contributed by atoms with Crippen LogP contribution in [0.5, 0.6) is 0 Å². The monoisotopic (exact) mass is 238 g/mol. The third-order valence-corrected chi connectivity index (χ3v) is 2.69. The molecule has 0 amide bonds. The Bertz CT molecular complexity index is 305. The summed E-state index contributed by atoms with van der Waals surface area (Å²) in [5.74, 6) is 0. The van der Waals surface area contributed by atoms with E-state index >= 15 is 0 Å². The first-order valence-electron chi connectivity index (χ1n) is 5.76. The topological polar surface area (TPSA) is 9.23 Å². The number of hydrogen-bond donors (Lipinski definition) is 0. The summed E-state index contributed by atoms with van der Waals surface area (Å²) in [6, 6.07) is 7.83. The van der Waals surface area contributed by atoms with Crippen LogP contribution in [0, 0.1) is 0 Å². The van der Waals surface area contributed by atoms with Crippen molar-refractivity contribution in [2.24, 2.45) is 0 Å². The van der Waals surface area contributed by atoms with Gasteiger partial charge in [0, 0.05) is 11.6 Å². The van der Waals surface area contributed by atoms with Crippen LogP contribution in [0.3, 0.4) is 0 Å². The highest BCUT2D eigenvalue weighted by Crippen LogP contribution is 2.23. The fourth-order valence-electron chi connectivity index (χ4n) is 1.50. The highest BCUT2D eigenvalue weighted by Gasteiger charge is 2.09. The second kappa shape index (κ2) is 7.48. The van der Waals surface area contributed by atoms with E-state index in [1.165, 1.54) is 5.56 Å². The van der Waals surface area contributed by atoms with Gasteiger partial charge in [-0.2, -0.15) is 0 Å².